The Balaban J connectivity index is 1.66. The predicted octanol–water partition coefficient (Wildman–Crippen LogP) is 0.678. The maximum Gasteiger partial charge on any atom is 0.266 e. The topological polar surface area (TPSA) is 150 Å². The normalized spacial score (nSPS) is 19.9. The van der Waals surface area contributed by atoms with Gasteiger partial charge in [-0.15, -0.1) is 23.1 Å². The number of hydrogen-bond donors (Lipinski definition) is 2. The largest absolute Gasteiger partial charge is 0.543 e. The van der Waals surface area contributed by atoms with Gasteiger partial charge in [-0.3, -0.25) is 14.5 Å². The number of nitrogens with zero attached hydrogens (tertiary/aromatic N) is 4. The molecule has 0 aromatic carbocycles. The minimum absolute atomic E-state index is 0.0420. The number of rotatable bonds is 14. The number of fused-ring (bicyclic) bond motifs is 1. The molecule has 0 spiro atoms. The third-order valence-corrected chi connectivity index (χ3v) is 8.25. The number of carboxylic acids is 1. The van der Waals surface area contributed by atoms with Crippen LogP contribution in [0.4, 0.5) is 5.13 Å². The van der Waals surface area contributed by atoms with E-state index in [1.54, 1.807) is 5.38 Å². The molecule has 3 rings (SSSR count). The van der Waals surface area contributed by atoms with Gasteiger partial charge >= 0.3 is 0 Å². The molecule has 0 aliphatic carbocycles. The van der Waals surface area contributed by atoms with Gasteiger partial charge in [0.2, 0.25) is 0 Å². The first kappa shape index (κ1) is 27.9. The highest BCUT2D eigenvalue weighted by Crippen LogP contribution is 2.40. The summed E-state index contributed by atoms with van der Waals surface area (Å²) >= 11 is 2.73. The highest BCUT2D eigenvalue weighted by atomic mass is 32.2. The second kappa shape index (κ2) is 12.5. The van der Waals surface area contributed by atoms with Crippen LogP contribution in [0, 0.1) is 0 Å². The van der Waals surface area contributed by atoms with E-state index in [1.165, 1.54) is 28.0 Å². The molecule has 1 aromatic rings. The van der Waals surface area contributed by atoms with E-state index >= 15 is 0 Å². The zero-order valence-electron chi connectivity index (χ0n) is 20.9. The maximum absolute atomic E-state index is 12.9. The fourth-order valence-electron chi connectivity index (χ4n) is 4.96. The SMILES string of the molecule is CCC[N+](CCC)(CCC)CC1=C(C(=O)[O-])N2C(=O)C(NC(=O)/C=N\OCc3csc(N)n3)[C@H]2SC1. The van der Waals surface area contributed by atoms with Crippen LogP contribution < -0.4 is 16.2 Å². The van der Waals surface area contributed by atoms with Crippen LogP contribution in [-0.4, -0.2) is 81.7 Å². The maximum atomic E-state index is 12.9. The molecule has 0 saturated carbocycles. The number of aliphatic carboxylic acids is 1. The minimum atomic E-state index is -1.35. The summed E-state index contributed by atoms with van der Waals surface area (Å²) in [7, 11) is 0. The molecule has 2 aliphatic rings. The van der Waals surface area contributed by atoms with Crippen molar-refractivity contribution in [2.75, 3.05) is 37.7 Å². The van der Waals surface area contributed by atoms with E-state index in [-0.39, 0.29) is 12.3 Å². The number of nitrogens with two attached hydrogens (primary N) is 1. The molecule has 1 aromatic heterocycles. The Kier molecular flexibility index (Phi) is 9.74. The van der Waals surface area contributed by atoms with Crippen LogP contribution in [0.2, 0.25) is 0 Å². The summed E-state index contributed by atoms with van der Waals surface area (Å²) in [6, 6.07) is -0.843. The molecule has 2 atom stereocenters. The zero-order chi connectivity index (χ0) is 26.3. The van der Waals surface area contributed by atoms with Crippen molar-refractivity contribution in [3.05, 3.63) is 22.3 Å². The number of quaternary nitrogens is 1. The lowest BCUT2D eigenvalue weighted by molar-refractivity contribution is -0.924. The minimum Gasteiger partial charge on any atom is -0.543 e. The molecular formula is C23H34N6O5S2. The molecule has 0 radical (unpaired) electrons. The second-order valence-corrected chi connectivity index (χ2v) is 11.0. The number of carbonyl (C=O) groups is 3. The number of oxime groups is 1. The van der Waals surface area contributed by atoms with Crippen molar-refractivity contribution < 1.29 is 28.8 Å². The summed E-state index contributed by atoms with van der Waals surface area (Å²) in [5.41, 5.74) is 6.82. The van der Waals surface area contributed by atoms with Crippen LogP contribution in [0.15, 0.2) is 21.8 Å². The molecule has 3 heterocycles. The Morgan fingerprint density at radius 1 is 1.31 bits per heavy atom. The number of nitrogen functional groups attached to an aromatic ring is 1. The van der Waals surface area contributed by atoms with E-state index in [0.717, 1.165) is 55.2 Å². The highest BCUT2D eigenvalue weighted by molar-refractivity contribution is 8.00. The van der Waals surface area contributed by atoms with Crippen molar-refractivity contribution in [3.63, 3.8) is 0 Å². The molecule has 3 N–H and O–H groups in total. The molecular weight excluding hydrogens is 504 g/mol. The smallest absolute Gasteiger partial charge is 0.266 e. The van der Waals surface area contributed by atoms with Crippen molar-refractivity contribution in [2.45, 2.75) is 58.1 Å². The average Bonchev–Trinajstić information content (AvgIpc) is 3.25. The summed E-state index contributed by atoms with van der Waals surface area (Å²) in [4.78, 5) is 47.7. The molecule has 2 amide bonds. The van der Waals surface area contributed by atoms with Gasteiger partial charge in [-0.1, -0.05) is 25.9 Å². The van der Waals surface area contributed by atoms with Gasteiger partial charge in [0.05, 0.1) is 37.0 Å². The number of hydrogen-bond acceptors (Lipinski definition) is 10. The summed E-state index contributed by atoms with van der Waals surface area (Å²) in [6.45, 7) is 9.88. The van der Waals surface area contributed by atoms with E-state index in [0.29, 0.717) is 23.1 Å². The molecule has 2 aliphatic heterocycles. The fraction of sp³-hybridized carbons (Fsp3) is 0.609. The number of carboxylic acid groups (broad SMARTS) is 1. The molecule has 0 bridgehead atoms. The summed E-state index contributed by atoms with van der Waals surface area (Å²) in [5, 5.41) is 20.0. The van der Waals surface area contributed by atoms with Gasteiger partial charge < -0.3 is 30.3 Å². The Morgan fingerprint density at radius 3 is 2.53 bits per heavy atom. The molecule has 1 fully saturated rings. The van der Waals surface area contributed by atoms with E-state index in [1.807, 2.05) is 0 Å². The number of carbonyl (C=O) groups excluding carboxylic acids is 3. The molecule has 11 nitrogen and oxygen atoms in total. The number of thiazole rings is 1. The Morgan fingerprint density at radius 2 is 1.97 bits per heavy atom. The van der Waals surface area contributed by atoms with E-state index in [2.05, 4.69) is 36.2 Å². The van der Waals surface area contributed by atoms with Crippen molar-refractivity contribution in [1.29, 1.82) is 0 Å². The number of amides is 2. The van der Waals surface area contributed by atoms with Gasteiger partial charge in [-0.2, -0.15) is 0 Å². The van der Waals surface area contributed by atoms with Gasteiger partial charge in [0.25, 0.3) is 11.8 Å². The van der Waals surface area contributed by atoms with Crippen molar-refractivity contribution in [2.24, 2.45) is 5.16 Å². The first-order chi connectivity index (χ1) is 17.2. The van der Waals surface area contributed by atoms with Crippen LogP contribution >= 0.6 is 23.1 Å². The standard InChI is InChI=1S/C23H34N6O5S2/c1-4-7-29(8-5-2,9-6-3)11-15-13-35-21-18(20(31)28(21)19(15)22(32)33)27-17(30)10-25-34-12-16-14-36-23(24)26-16/h10,14,18,21H,4-9,11-13H2,1-3H3,(H3-,24,26,27,30,32,33)/b25-10-/t18?,21-/m1/s1. The number of aromatic nitrogens is 1. The van der Waals surface area contributed by atoms with E-state index < -0.39 is 29.2 Å². The third-order valence-electron chi connectivity index (χ3n) is 6.18. The zero-order valence-corrected chi connectivity index (χ0v) is 22.5. The first-order valence-electron chi connectivity index (χ1n) is 12.1. The van der Waals surface area contributed by atoms with Gasteiger partial charge in [0.1, 0.15) is 24.2 Å². The third kappa shape index (κ3) is 6.37. The summed E-state index contributed by atoms with van der Waals surface area (Å²) in [5.74, 6) is -1.96. The monoisotopic (exact) mass is 538 g/mol. The highest BCUT2D eigenvalue weighted by Gasteiger charge is 2.53. The van der Waals surface area contributed by atoms with Gasteiger partial charge in [-0.25, -0.2) is 4.98 Å². The van der Waals surface area contributed by atoms with Crippen LogP contribution in [0.3, 0.4) is 0 Å². The van der Waals surface area contributed by atoms with E-state index in [9.17, 15) is 19.5 Å². The lowest BCUT2D eigenvalue weighted by atomic mass is 10.0. The molecule has 1 unspecified atom stereocenters. The van der Waals surface area contributed by atoms with Crippen LogP contribution in [-0.2, 0) is 25.8 Å². The number of nitrogens with one attached hydrogen (secondary N) is 1. The lowest BCUT2D eigenvalue weighted by Gasteiger charge is -2.51. The number of β-lactam (4-membered cyclic amide) rings is 1. The van der Waals surface area contributed by atoms with Crippen LogP contribution in [0.25, 0.3) is 0 Å². The predicted molar refractivity (Wildman–Crippen MR) is 137 cm³/mol. The quantitative estimate of drug-likeness (QED) is 0.152. The van der Waals surface area contributed by atoms with E-state index in [4.69, 9.17) is 10.6 Å². The molecule has 36 heavy (non-hydrogen) atoms. The second-order valence-electron chi connectivity index (χ2n) is 8.99. The lowest BCUT2D eigenvalue weighted by Crippen LogP contribution is -2.71. The van der Waals surface area contributed by atoms with Gasteiger partial charge in [-0.05, 0) is 19.3 Å². The fourth-order valence-corrected chi connectivity index (χ4v) is 6.84. The van der Waals surface area contributed by atoms with Crippen molar-refractivity contribution in [3.8, 4) is 0 Å². The molecule has 1 saturated heterocycles. The van der Waals surface area contributed by atoms with Gasteiger partial charge in [0, 0.05) is 16.7 Å². The van der Waals surface area contributed by atoms with Crippen LogP contribution in [0.5, 0.6) is 0 Å². The average molecular weight is 539 g/mol. The van der Waals surface area contributed by atoms with Crippen molar-refractivity contribution in [1.82, 2.24) is 15.2 Å². The number of thioether (sulfide) groups is 1. The van der Waals surface area contributed by atoms with Crippen molar-refractivity contribution >= 4 is 52.2 Å². The Labute approximate surface area is 219 Å². The summed E-state index contributed by atoms with van der Waals surface area (Å²) in [6.07, 6.45) is 3.91. The first-order valence-corrected chi connectivity index (χ1v) is 14.1. The Hall–Kier alpha value is -2.64. The van der Waals surface area contributed by atoms with Gasteiger partial charge in [0.15, 0.2) is 11.7 Å². The molecule has 198 valence electrons. The number of anilines is 1. The summed E-state index contributed by atoms with van der Waals surface area (Å²) < 4.78 is 0.799. The van der Waals surface area contributed by atoms with Crippen LogP contribution in [0.1, 0.15) is 45.7 Å². The Bertz CT molecular complexity index is 1010. The molecule has 13 heteroatoms.